The van der Waals surface area contributed by atoms with Crippen LogP contribution in [0.1, 0.15) is 51.3 Å². The van der Waals surface area contributed by atoms with Gasteiger partial charge >= 0.3 is 0 Å². The molecule has 0 atom stereocenters. The van der Waals surface area contributed by atoms with Crippen LogP contribution in [0.3, 0.4) is 0 Å². The van der Waals surface area contributed by atoms with Gasteiger partial charge in [0.05, 0.1) is 0 Å². The molecule has 7 nitrogen and oxygen atoms in total. The SMILES string of the molecule is CCc1nc(-c2ccc(N3CCN(C(=O)CC4CCCCC4)CC3)nc2)no1. The minimum atomic E-state index is 0.332. The number of rotatable bonds is 5. The second kappa shape index (κ2) is 8.71. The van der Waals surface area contributed by atoms with Gasteiger partial charge in [-0.2, -0.15) is 4.98 Å². The van der Waals surface area contributed by atoms with Crippen LogP contribution < -0.4 is 4.90 Å². The predicted molar refractivity (Wildman–Crippen MR) is 107 cm³/mol. The van der Waals surface area contributed by atoms with Gasteiger partial charge in [-0.3, -0.25) is 4.79 Å². The topological polar surface area (TPSA) is 75.4 Å². The van der Waals surface area contributed by atoms with E-state index in [1.54, 1.807) is 6.20 Å². The van der Waals surface area contributed by atoms with Crippen molar-refractivity contribution in [1.82, 2.24) is 20.0 Å². The second-order valence-corrected chi connectivity index (χ2v) is 7.85. The Balaban J connectivity index is 1.30. The first kappa shape index (κ1) is 18.9. The highest BCUT2D eigenvalue weighted by molar-refractivity contribution is 5.76. The van der Waals surface area contributed by atoms with E-state index in [1.807, 2.05) is 24.0 Å². The van der Waals surface area contributed by atoms with Gasteiger partial charge in [-0.1, -0.05) is 31.3 Å². The van der Waals surface area contributed by atoms with Crippen LogP contribution in [-0.4, -0.2) is 52.1 Å². The molecular formula is C21H29N5O2. The van der Waals surface area contributed by atoms with Crippen molar-refractivity contribution < 1.29 is 9.32 Å². The molecule has 1 saturated carbocycles. The molecule has 0 aromatic carbocycles. The van der Waals surface area contributed by atoms with Crippen molar-refractivity contribution >= 4 is 11.7 Å². The van der Waals surface area contributed by atoms with Gasteiger partial charge in [0, 0.05) is 50.8 Å². The summed E-state index contributed by atoms with van der Waals surface area (Å²) in [6.07, 6.45) is 9.61. The molecule has 3 heterocycles. The van der Waals surface area contributed by atoms with E-state index >= 15 is 0 Å². The van der Waals surface area contributed by atoms with Gasteiger partial charge in [0.15, 0.2) is 0 Å². The molecule has 0 radical (unpaired) electrons. The van der Waals surface area contributed by atoms with E-state index < -0.39 is 0 Å². The van der Waals surface area contributed by atoms with Crippen LogP contribution in [0.15, 0.2) is 22.9 Å². The van der Waals surface area contributed by atoms with Crippen molar-refractivity contribution in [3.8, 4) is 11.4 Å². The van der Waals surface area contributed by atoms with Crippen molar-refractivity contribution in [2.75, 3.05) is 31.1 Å². The number of hydrogen-bond acceptors (Lipinski definition) is 6. The van der Waals surface area contributed by atoms with Gasteiger partial charge in [0.2, 0.25) is 17.6 Å². The fourth-order valence-corrected chi connectivity index (χ4v) is 4.17. The third kappa shape index (κ3) is 4.34. The molecule has 1 aliphatic carbocycles. The Bertz CT molecular complexity index is 774. The molecule has 4 rings (SSSR count). The Labute approximate surface area is 166 Å². The van der Waals surface area contributed by atoms with Gasteiger partial charge in [0.25, 0.3) is 0 Å². The van der Waals surface area contributed by atoms with E-state index in [-0.39, 0.29) is 0 Å². The van der Waals surface area contributed by atoms with Crippen LogP contribution in [0.25, 0.3) is 11.4 Å². The minimum absolute atomic E-state index is 0.332. The maximum Gasteiger partial charge on any atom is 0.226 e. The van der Waals surface area contributed by atoms with Crippen molar-refractivity contribution in [3.63, 3.8) is 0 Å². The first-order valence-corrected chi connectivity index (χ1v) is 10.5. The van der Waals surface area contributed by atoms with E-state index in [4.69, 9.17) is 4.52 Å². The molecule has 1 aliphatic heterocycles. The predicted octanol–water partition coefficient (Wildman–Crippen LogP) is 3.31. The number of nitrogens with zero attached hydrogens (tertiary/aromatic N) is 5. The van der Waals surface area contributed by atoms with Crippen LogP contribution >= 0.6 is 0 Å². The molecule has 2 aromatic rings. The van der Waals surface area contributed by atoms with E-state index in [1.165, 1.54) is 32.1 Å². The lowest BCUT2D eigenvalue weighted by atomic mass is 9.86. The van der Waals surface area contributed by atoms with Crippen LogP contribution in [0, 0.1) is 5.92 Å². The van der Waals surface area contributed by atoms with E-state index in [2.05, 4.69) is 20.0 Å². The fourth-order valence-electron chi connectivity index (χ4n) is 4.17. The summed E-state index contributed by atoms with van der Waals surface area (Å²) in [4.78, 5) is 25.8. The number of carbonyl (C=O) groups is 1. The average molecular weight is 383 g/mol. The zero-order valence-corrected chi connectivity index (χ0v) is 16.6. The molecule has 1 saturated heterocycles. The molecule has 150 valence electrons. The molecule has 0 N–H and O–H groups in total. The number of hydrogen-bond donors (Lipinski definition) is 0. The summed E-state index contributed by atoms with van der Waals surface area (Å²) in [6, 6.07) is 3.98. The Morgan fingerprint density at radius 2 is 1.93 bits per heavy atom. The van der Waals surface area contributed by atoms with Crippen molar-refractivity contribution in [1.29, 1.82) is 0 Å². The van der Waals surface area contributed by atoms with Crippen LogP contribution in [-0.2, 0) is 11.2 Å². The lowest BCUT2D eigenvalue weighted by molar-refractivity contribution is -0.132. The molecule has 28 heavy (non-hydrogen) atoms. The Kier molecular flexibility index (Phi) is 5.88. The fraction of sp³-hybridized carbons (Fsp3) is 0.619. The van der Waals surface area contributed by atoms with Crippen LogP contribution in [0.2, 0.25) is 0 Å². The summed E-state index contributed by atoms with van der Waals surface area (Å²) >= 11 is 0. The summed E-state index contributed by atoms with van der Waals surface area (Å²) in [5.74, 6) is 3.08. The number of amides is 1. The van der Waals surface area contributed by atoms with Crippen LogP contribution in [0.5, 0.6) is 0 Å². The first-order valence-electron chi connectivity index (χ1n) is 10.5. The Hall–Kier alpha value is -2.44. The lowest BCUT2D eigenvalue weighted by Gasteiger charge is -2.36. The maximum absolute atomic E-state index is 12.6. The van der Waals surface area contributed by atoms with Crippen molar-refractivity contribution in [3.05, 3.63) is 24.2 Å². The van der Waals surface area contributed by atoms with E-state index in [0.29, 0.717) is 23.5 Å². The van der Waals surface area contributed by atoms with Crippen molar-refractivity contribution in [2.24, 2.45) is 5.92 Å². The van der Waals surface area contributed by atoms with E-state index in [0.717, 1.165) is 50.4 Å². The number of aromatic nitrogens is 3. The average Bonchev–Trinajstić information content (AvgIpc) is 3.24. The number of pyridine rings is 1. The maximum atomic E-state index is 12.6. The molecule has 0 unspecified atom stereocenters. The molecule has 2 aliphatic rings. The third-order valence-electron chi connectivity index (χ3n) is 5.92. The molecular weight excluding hydrogens is 354 g/mol. The molecule has 1 amide bonds. The molecule has 0 spiro atoms. The lowest BCUT2D eigenvalue weighted by Crippen LogP contribution is -2.49. The highest BCUT2D eigenvalue weighted by Crippen LogP contribution is 2.27. The Morgan fingerprint density at radius 3 is 2.57 bits per heavy atom. The van der Waals surface area contributed by atoms with Gasteiger partial charge in [-0.05, 0) is 30.9 Å². The number of piperazine rings is 1. The smallest absolute Gasteiger partial charge is 0.226 e. The van der Waals surface area contributed by atoms with E-state index in [9.17, 15) is 4.79 Å². The highest BCUT2D eigenvalue weighted by Gasteiger charge is 2.25. The number of aryl methyl sites for hydroxylation is 1. The van der Waals surface area contributed by atoms with Gasteiger partial charge < -0.3 is 14.3 Å². The van der Waals surface area contributed by atoms with Gasteiger partial charge in [-0.25, -0.2) is 4.98 Å². The number of carbonyl (C=O) groups excluding carboxylic acids is 1. The molecule has 0 bridgehead atoms. The third-order valence-corrected chi connectivity index (χ3v) is 5.92. The summed E-state index contributed by atoms with van der Waals surface area (Å²) < 4.78 is 5.17. The zero-order chi connectivity index (χ0) is 19.3. The zero-order valence-electron chi connectivity index (χ0n) is 16.6. The van der Waals surface area contributed by atoms with Crippen molar-refractivity contribution in [2.45, 2.75) is 51.9 Å². The van der Waals surface area contributed by atoms with Gasteiger partial charge in [-0.15, -0.1) is 0 Å². The highest BCUT2D eigenvalue weighted by atomic mass is 16.5. The molecule has 2 fully saturated rings. The van der Waals surface area contributed by atoms with Gasteiger partial charge in [0.1, 0.15) is 5.82 Å². The minimum Gasteiger partial charge on any atom is -0.353 e. The number of anilines is 1. The summed E-state index contributed by atoms with van der Waals surface area (Å²) in [5.41, 5.74) is 0.855. The largest absolute Gasteiger partial charge is 0.353 e. The van der Waals surface area contributed by atoms with Crippen LogP contribution in [0.4, 0.5) is 5.82 Å². The molecule has 2 aromatic heterocycles. The summed E-state index contributed by atoms with van der Waals surface area (Å²) in [7, 11) is 0. The second-order valence-electron chi connectivity index (χ2n) is 7.85. The summed E-state index contributed by atoms with van der Waals surface area (Å²) in [6.45, 7) is 5.19. The quantitative estimate of drug-likeness (QED) is 0.788. The Morgan fingerprint density at radius 1 is 1.14 bits per heavy atom. The first-order chi connectivity index (χ1) is 13.7. The standard InChI is InChI=1S/C21H29N5O2/c1-2-19-23-21(24-28-19)17-8-9-18(22-15-17)25-10-12-26(13-11-25)20(27)14-16-6-4-3-5-7-16/h8-9,15-16H,2-7,10-14H2,1H3. The molecule has 7 heteroatoms. The monoisotopic (exact) mass is 383 g/mol. The normalized spacial score (nSPS) is 18.5. The summed E-state index contributed by atoms with van der Waals surface area (Å²) in [5, 5.41) is 3.99.